The number of carbonyl (C=O) groups is 2. The van der Waals surface area contributed by atoms with Crippen molar-refractivity contribution in [2.45, 2.75) is 20.3 Å². The lowest BCUT2D eigenvalue weighted by Gasteiger charge is -2.09. The van der Waals surface area contributed by atoms with Crippen molar-refractivity contribution in [1.82, 2.24) is 0 Å². The van der Waals surface area contributed by atoms with E-state index in [9.17, 15) is 19.7 Å². The molecule has 0 bridgehead atoms. The Kier molecular flexibility index (Phi) is 6.90. The van der Waals surface area contributed by atoms with E-state index in [-0.39, 0.29) is 16.3 Å². The first-order valence-electron chi connectivity index (χ1n) is 8.30. The van der Waals surface area contributed by atoms with E-state index in [1.54, 1.807) is 24.3 Å². The Morgan fingerprint density at radius 3 is 2.41 bits per heavy atom. The van der Waals surface area contributed by atoms with Crippen molar-refractivity contribution in [3.05, 3.63) is 68.7 Å². The molecule has 2 aromatic carbocycles. The van der Waals surface area contributed by atoms with Gasteiger partial charge in [0.15, 0.2) is 0 Å². The highest BCUT2D eigenvalue weighted by molar-refractivity contribution is 6.34. The van der Waals surface area contributed by atoms with Crippen molar-refractivity contribution in [3.63, 3.8) is 0 Å². The van der Waals surface area contributed by atoms with E-state index in [2.05, 4.69) is 5.32 Å². The molecule has 0 atom stereocenters. The Labute approximate surface area is 161 Å². The van der Waals surface area contributed by atoms with E-state index in [0.29, 0.717) is 23.8 Å². The largest absolute Gasteiger partial charge is 0.462 e. The number of ether oxygens (including phenoxy) is 1. The first-order chi connectivity index (χ1) is 12.8. The van der Waals surface area contributed by atoms with Crippen LogP contribution in [0.25, 0.3) is 0 Å². The summed E-state index contributed by atoms with van der Waals surface area (Å²) in [5.41, 5.74) is 0.745. The van der Waals surface area contributed by atoms with Gasteiger partial charge in [-0.25, -0.2) is 4.79 Å². The highest BCUT2D eigenvalue weighted by Gasteiger charge is 2.15. The van der Waals surface area contributed by atoms with Gasteiger partial charge in [-0.05, 0) is 42.7 Å². The van der Waals surface area contributed by atoms with Gasteiger partial charge in [-0.1, -0.05) is 25.4 Å². The SMILES string of the molecule is CC(C)CCOC(=O)c1ccc(NC(=O)c2ccc([N+](=O)[O-])cc2Cl)cc1. The molecular weight excluding hydrogens is 372 g/mol. The molecule has 0 aliphatic carbocycles. The molecule has 142 valence electrons. The molecule has 2 aromatic rings. The van der Waals surface area contributed by atoms with Crippen LogP contribution in [0.15, 0.2) is 42.5 Å². The summed E-state index contributed by atoms with van der Waals surface area (Å²) < 4.78 is 5.18. The van der Waals surface area contributed by atoms with Gasteiger partial charge in [0.25, 0.3) is 11.6 Å². The molecule has 1 amide bonds. The Hall–Kier alpha value is -2.93. The number of halogens is 1. The van der Waals surface area contributed by atoms with Gasteiger partial charge >= 0.3 is 5.97 Å². The predicted octanol–water partition coefficient (Wildman–Crippen LogP) is 4.70. The van der Waals surface area contributed by atoms with Crippen molar-refractivity contribution in [2.24, 2.45) is 5.92 Å². The lowest BCUT2D eigenvalue weighted by molar-refractivity contribution is -0.384. The maximum Gasteiger partial charge on any atom is 0.338 e. The standard InChI is InChI=1S/C19H19ClN2O5/c1-12(2)9-10-27-19(24)13-3-5-14(6-4-13)21-18(23)16-8-7-15(22(25)26)11-17(16)20/h3-8,11-12H,9-10H2,1-2H3,(H,21,23). The average Bonchev–Trinajstić information content (AvgIpc) is 2.61. The normalized spacial score (nSPS) is 10.5. The molecule has 0 spiro atoms. The van der Waals surface area contributed by atoms with Crippen LogP contribution in [0.2, 0.25) is 5.02 Å². The third-order valence-corrected chi connectivity index (χ3v) is 4.03. The van der Waals surface area contributed by atoms with Crippen molar-refractivity contribution in [3.8, 4) is 0 Å². The number of nitro groups is 1. The number of carbonyl (C=O) groups excluding carboxylic acids is 2. The number of nitrogens with one attached hydrogen (secondary N) is 1. The molecule has 0 heterocycles. The summed E-state index contributed by atoms with van der Waals surface area (Å²) in [7, 11) is 0. The molecule has 0 aliphatic rings. The zero-order chi connectivity index (χ0) is 20.0. The van der Waals surface area contributed by atoms with Crippen LogP contribution in [0.4, 0.5) is 11.4 Å². The molecule has 0 aliphatic heterocycles. The number of rotatable bonds is 7. The summed E-state index contributed by atoms with van der Waals surface area (Å²) >= 11 is 5.95. The first-order valence-corrected chi connectivity index (χ1v) is 8.68. The molecule has 0 saturated heterocycles. The molecule has 1 N–H and O–H groups in total. The van der Waals surface area contributed by atoms with E-state index in [1.165, 1.54) is 12.1 Å². The number of nitro benzene ring substituents is 1. The Morgan fingerprint density at radius 1 is 1.19 bits per heavy atom. The third-order valence-electron chi connectivity index (χ3n) is 3.71. The molecule has 0 fully saturated rings. The summed E-state index contributed by atoms with van der Waals surface area (Å²) in [6.45, 7) is 4.44. The third kappa shape index (κ3) is 5.79. The summed E-state index contributed by atoms with van der Waals surface area (Å²) in [6, 6.07) is 9.84. The average molecular weight is 391 g/mol. The predicted molar refractivity (Wildman–Crippen MR) is 102 cm³/mol. The van der Waals surface area contributed by atoms with Crippen LogP contribution in [-0.2, 0) is 4.74 Å². The van der Waals surface area contributed by atoms with Gasteiger partial charge in [-0.3, -0.25) is 14.9 Å². The minimum atomic E-state index is -0.591. The molecule has 0 saturated carbocycles. The lowest BCUT2D eigenvalue weighted by atomic mass is 10.1. The number of benzene rings is 2. The van der Waals surface area contributed by atoms with E-state index < -0.39 is 16.8 Å². The van der Waals surface area contributed by atoms with E-state index in [1.807, 2.05) is 13.8 Å². The van der Waals surface area contributed by atoms with Crippen LogP contribution in [0.1, 0.15) is 41.0 Å². The van der Waals surface area contributed by atoms with Gasteiger partial charge in [0.05, 0.1) is 27.7 Å². The van der Waals surface area contributed by atoms with Gasteiger partial charge in [-0.15, -0.1) is 0 Å². The van der Waals surface area contributed by atoms with Crippen LogP contribution >= 0.6 is 11.6 Å². The second kappa shape index (κ2) is 9.14. The van der Waals surface area contributed by atoms with E-state index >= 15 is 0 Å². The topological polar surface area (TPSA) is 98.5 Å². The lowest BCUT2D eigenvalue weighted by Crippen LogP contribution is -2.13. The van der Waals surface area contributed by atoms with E-state index in [4.69, 9.17) is 16.3 Å². The molecule has 8 heteroatoms. The molecule has 0 aromatic heterocycles. The molecule has 27 heavy (non-hydrogen) atoms. The molecule has 2 rings (SSSR count). The first kappa shape index (κ1) is 20.4. The number of amides is 1. The van der Waals surface area contributed by atoms with E-state index in [0.717, 1.165) is 12.5 Å². The zero-order valence-electron chi connectivity index (χ0n) is 14.9. The summed E-state index contributed by atoms with van der Waals surface area (Å²) in [5, 5.41) is 13.3. The minimum Gasteiger partial charge on any atom is -0.462 e. The summed E-state index contributed by atoms with van der Waals surface area (Å²) in [5.74, 6) is -0.490. The number of nitrogens with zero attached hydrogens (tertiary/aromatic N) is 1. The Bertz CT molecular complexity index is 850. The molecule has 7 nitrogen and oxygen atoms in total. The quantitative estimate of drug-likeness (QED) is 0.419. The highest BCUT2D eigenvalue weighted by Crippen LogP contribution is 2.23. The molecular formula is C19H19ClN2O5. The second-order valence-corrected chi connectivity index (χ2v) is 6.68. The summed E-state index contributed by atoms with van der Waals surface area (Å²) in [4.78, 5) is 34.3. The van der Waals surface area contributed by atoms with Crippen molar-refractivity contribution < 1.29 is 19.2 Å². The maximum absolute atomic E-state index is 12.3. The fourth-order valence-electron chi connectivity index (χ4n) is 2.16. The number of hydrogen-bond acceptors (Lipinski definition) is 5. The molecule has 0 radical (unpaired) electrons. The number of non-ortho nitro benzene ring substituents is 1. The van der Waals surface area contributed by atoms with Crippen LogP contribution < -0.4 is 5.32 Å². The van der Waals surface area contributed by atoms with Gasteiger partial charge in [0, 0.05) is 17.8 Å². The van der Waals surface area contributed by atoms with Crippen LogP contribution in [0.3, 0.4) is 0 Å². The Morgan fingerprint density at radius 2 is 1.85 bits per heavy atom. The van der Waals surface area contributed by atoms with Crippen LogP contribution in [0.5, 0.6) is 0 Å². The highest BCUT2D eigenvalue weighted by atomic mass is 35.5. The van der Waals surface area contributed by atoms with Crippen LogP contribution in [-0.4, -0.2) is 23.4 Å². The Balaban J connectivity index is 2.00. The monoisotopic (exact) mass is 390 g/mol. The van der Waals surface area contributed by atoms with Crippen molar-refractivity contribution in [1.29, 1.82) is 0 Å². The smallest absolute Gasteiger partial charge is 0.338 e. The van der Waals surface area contributed by atoms with Gasteiger partial charge in [0.1, 0.15) is 0 Å². The fraction of sp³-hybridized carbons (Fsp3) is 0.263. The molecule has 0 unspecified atom stereocenters. The fourth-order valence-corrected chi connectivity index (χ4v) is 2.42. The van der Waals surface area contributed by atoms with Gasteiger partial charge in [-0.2, -0.15) is 0 Å². The van der Waals surface area contributed by atoms with Crippen molar-refractivity contribution >= 4 is 34.9 Å². The van der Waals surface area contributed by atoms with Gasteiger partial charge < -0.3 is 10.1 Å². The number of hydrogen-bond donors (Lipinski definition) is 1. The maximum atomic E-state index is 12.3. The summed E-state index contributed by atoms with van der Waals surface area (Å²) in [6.07, 6.45) is 0.788. The zero-order valence-corrected chi connectivity index (χ0v) is 15.7. The van der Waals surface area contributed by atoms with Crippen LogP contribution in [0, 0.1) is 16.0 Å². The second-order valence-electron chi connectivity index (χ2n) is 6.27. The van der Waals surface area contributed by atoms with Crippen molar-refractivity contribution in [2.75, 3.05) is 11.9 Å². The van der Waals surface area contributed by atoms with Gasteiger partial charge in [0.2, 0.25) is 0 Å². The number of anilines is 1. The number of esters is 1. The minimum absolute atomic E-state index is 0.0212.